The summed E-state index contributed by atoms with van der Waals surface area (Å²) < 4.78 is 6.39. The summed E-state index contributed by atoms with van der Waals surface area (Å²) in [6.07, 6.45) is 2.30. The Morgan fingerprint density at radius 1 is 0.797 bits per heavy atom. The number of allylic oxidation sites excluding steroid dienone is 2. The zero-order valence-corrected chi connectivity index (χ0v) is 35.1. The molecule has 2 heterocycles. The molecule has 296 valence electrons. The second-order valence-electron chi connectivity index (χ2n) is 15.5. The first kappa shape index (κ1) is 38.7. The molecule has 0 spiro atoms. The summed E-state index contributed by atoms with van der Waals surface area (Å²) in [7, 11) is 1.43. The average Bonchev–Trinajstić information content (AvgIpc) is 3.64. The minimum absolute atomic E-state index is 0.112. The Morgan fingerprint density at radius 2 is 1.44 bits per heavy atom. The number of amides is 4. The zero-order chi connectivity index (χ0) is 41.3. The number of nitrogens with one attached hydrogen (secondary N) is 1. The van der Waals surface area contributed by atoms with Gasteiger partial charge in [-0.2, -0.15) is 5.01 Å². The number of hydrazine groups is 1. The Kier molecular flexibility index (Phi) is 9.67. The normalized spacial score (nSPS) is 24.7. The van der Waals surface area contributed by atoms with E-state index in [4.69, 9.17) is 4.74 Å². The van der Waals surface area contributed by atoms with E-state index in [-0.39, 0.29) is 36.0 Å². The first-order valence-electron chi connectivity index (χ1n) is 19.3. The lowest BCUT2D eigenvalue weighted by Gasteiger charge is -2.51. The molecule has 6 unspecified atom stereocenters. The predicted octanol–water partition coefficient (Wildman–Crippen LogP) is 8.65. The summed E-state index contributed by atoms with van der Waals surface area (Å²) in [4.78, 5) is 74.2. The maximum absolute atomic E-state index is 15.5. The fourth-order valence-electron chi connectivity index (χ4n) is 9.84. The number of aromatic hydroxyl groups is 1. The van der Waals surface area contributed by atoms with Gasteiger partial charge < -0.3 is 9.84 Å². The third-order valence-electron chi connectivity index (χ3n) is 12.5. The maximum atomic E-state index is 15.5. The number of carbonyl (C=O) groups excluding carboxylic acids is 5. The van der Waals surface area contributed by atoms with Gasteiger partial charge in [-0.1, -0.05) is 90.0 Å². The van der Waals surface area contributed by atoms with E-state index in [1.807, 2.05) is 61.5 Å². The van der Waals surface area contributed by atoms with Crippen molar-refractivity contribution in [2.75, 3.05) is 17.4 Å². The van der Waals surface area contributed by atoms with Crippen molar-refractivity contribution in [3.8, 4) is 11.5 Å². The van der Waals surface area contributed by atoms with Gasteiger partial charge in [0.05, 0.1) is 46.1 Å². The second kappa shape index (κ2) is 14.8. The number of anilines is 2. The molecule has 5 aromatic carbocycles. The van der Waals surface area contributed by atoms with Crippen LogP contribution in [0.25, 0.3) is 0 Å². The van der Waals surface area contributed by atoms with Gasteiger partial charge in [0, 0.05) is 21.5 Å². The monoisotopic (exact) mass is 913 g/mol. The molecule has 0 bridgehead atoms. The lowest BCUT2D eigenvalue weighted by atomic mass is 9.49. The second-order valence-corrected chi connectivity index (χ2v) is 17.1. The molecule has 4 aliphatic rings. The number of carbonyl (C=O) groups is 5. The first-order chi connectivity index (χ1) is 28.5. The number of ketones is 1. The Labute approximate surface area is 357 Å². The van der Waals surface area contributed by atoms with Gasteiger partial charge in [-0.05, 0) is 111 Å². The number of fused-ring (bicyclic) bond motifs is 4. The van der Waals surface area contributed by atoms with E-state index in [2.05, 4.69) is 37.3 Å². The number of aryl methyl sites for hydroxylation is 1. The molecule has 9 rings (SSSR count). The van der Waals surface area contributed by atoms with E-state index in [9.17, 15) is 19.5 Å². The Balaban J connectivity index is 1.18. The van der Waals surface area contributed by atoms with Gasteiger partial charge in [0.2, 0.25) is 11.8 Å². The molecule has 0 radical (unpaired) electrons. The molecule has 2 aliphatic heterocycles. The molecule has 6 atom stereocenters. The van der Waals surface area contributed by atoms with Crippen LogP contribution in [-0.2, 0) is 24.6 Å². The minimum atomic E-state index is -1.53. The van der Waals surface area contributed by atoms with Crippen molar-refractivity contribution in [2.24, 2.45) is 23.7 Å². The molecule has 12 heteroatoms. The number of rotatable bonds is 8. The van der Waals surface area contributed by atoms with Gasteiger partial charge in [-0.25, -0.2) is 0 Å². The highest BCUT2D eigenvalue weighted by atomic mass is 79.9. The molecule has 1 saturated carbocycles. The number of imide groups is 2. The van der Waals surface area contributed by atoms with Crippen LogP contribution in [0.3, 0.4) is 0 Å². The van der Waals surface area contributed by atoms with Crippen molar-refractivity contribution in [2.45, 2.75) is 31.1 Å². The standard InChI is InChI=1S/C47H37Br2N3O7/c1-25-13-17-29(18-14-25)50-52-44(56)35-23-33-31(38(34-24-36(59-2)42(54)40(49)39(34)48)47(35,46(52)58)28-11-7-4-8-12-28)21-22-32-37(33)45(57)51(43(32)55)30-19-15-27(16-20-30)41(53)26-9-5-3-6-10-26/h3-21,24,32-33,35,37-38,50,54H,22-23H2,1-2H3. The van der Waals surface area contributed by atoms with Crippen LogP contribution >= 0.6 is 31.9 Å². The van der Waals surface area contributed by atoms with Crippen molar-refractivity contribution in [1.29, 1.82) is 0 Å². The number of methoxy groups -OCH3 is 1. The van der Waals surface area contributed by atoms with Crippen molar-refractivity contribution >= 4 is 72.6 Å². The fraction of sp³-hybridized carbons (Fsp3) is 0.213. The van der Waals surface area contributed by atoms with Crippen LogP contribution < -0.4 is 15.1 Å². The summed E-state index contributed by atoms with van der Waals surface area (Å²) in [5.74, 6) is -5.91. The average molecular weight is 916 g/mol. The van der Waals surface area contributed by atoms with E-state index >= 15 is 9.59 Å². The lowest BCUT2D eigenvalue weighted by Crippen LogP contribution is -2.53. The predicted molar refractivity (Wildman–Crippen MR) is 228 cm³/mol. The number of nitrogens with zero attached hydrogens (tertiary/aromatic N) is 2. The minimum Gasteiger partial charge on any atom is -0.503 e. The smallest absolute Gasteiger partial charge is 0.260 e. The molecule has 4 amide bonds. The number of phenolic OH excluding ortho intramolecular Hbond substituents is 1. The van der Waals surface area contributed by atoms with Crippen molar-refractivity contribution < 1.29 is 33.8 Å². The van der Waals surface area contributed by atoms with Crippen LogP contribution in [0.15, 0.2) is 136 Å². The molecule has 3 fully saturated rings. The van der Waals surface area contributed by atoms with E-state index in [1.165, 1.54) is 12.0 Å². The SMILES string of the molecule is COc1cc(C2C3=CCC4C(=O)N(c5ccc(C(=O)c6ccccc6)cc5)C(=O)C4C3CC3C(=O)N(Nc4ccc(C)cc4)C(=O)C32c2ccccc2)c(Br)c(Br)c1O. The third-order valence-corrected chi connectivity index (χ3v) is 14.7. The van der Waals surface area contributed by atoms with Crippen molar-refractivity contribution in [1.82, 2.24) is 5.01 Å². The lowest BCUT2D eigenvalue weighted by molar-refractivity contribution is -0.138. The Bertz CT molecular complexity index is 2600. The van der Waals surface area contributed by atoms with Gasteiger partial charge >= 0.3 is 0 Å². The van der Waals surface area contributed by atoms with E-state index < -0.39 is 52.7 Å². The Morgan fingerprint density at radius 3 is 2.10 bits per heavy atom. The third kappa shape index (κ3) is 5.90. The van der Waals surface area contributed by atoms with Crippen LogP contribution in [0.4, 0.5) is 11.4 Å². The van der Waals surface area contributed by atoms with Gasteiger partial charge in [0.15, 0.2) is 17.3 Å². The number of hydrogen-bond acceptors (Lipinski definition) is 8. The first-order valence-corrected chi connectivity index (χ1v) is 20.9. The molecule has 2 aliphatic carbocycles. The number of phenols is 1. The number of halogens is 2. The highest BCUT2D eigenvalue weighted by Gasteiger charge is 2.70. The van der Waals surface area contributed by atoms with E-state index in [0.29, 0.717) is 42.6 Å². The van der Waals surface area contributed by atoms with Crippen LogP contribution in [0.1, 0.15) is 51.4 Å². The van der Waals surface area contributed by atoms with Crippen LogP contribution in [0.2, 0.25) is 0 Å². The Hall–Kier alpha value is -5.85. The molecule has 0 aromatic heterocycles. The van der Waals surface area contributed by atoms with Gasteiger partial charge in [-0.3, -0.25) is 34.3 Å². The summed E-state index contributed by atoms with van der Waals surface area (Å²) >= 11 is 7.27. The summed E-state index contributed by atoms with van der Waals surface area (Å²) in [5, 5.41) is 12.2. The van der Waals surface area contributed by atoms with E-state index in [0.717, 1.165) is 16.1 Å². The largest absolute Gasteiger partial charge is 0.503 e. The molecule has 10 nitrogen and oxygen atoms in total. The fourth-order valence-corrected chi connectivity index (χ4v) is 10.8. The highest BCUT2D eigenvalue weighted by molar-refractivity contribution is 9.13. The number of benzene rings is 5. The molecule has 5 aromatic rings. The zero-order valence-electron chi connectivity index (χ0n) is 31.9. The van der Waals surface area contributed by atoms with Crippen molar-refractivity contribution in [3.63, 3.8) is 0 Å². The summed E-state index contributed by atoms with van der Waals surface area (Å²) in [6.45, 7) is 1.95. The summed E-state index contributed by atoms with van der Waals surface area (Å²) in [6, 6.07) is 33.6. The van der Waals surface area contributed by atoms with Crippen LogP contribution in [0.5, 0.6) is 11.5 Å². The van der Waals surface area contributed by atoms with Crippen LogP contribution in [0, 0.1) is 30.6 Å². The van der Waals surface area contributed by atoms with E-state index in [1.54, 1.807) is 66.7 Å². The molecular formula is C47H37Br2N3O7. The highest BCUT2D eigenvalue weighted by Crippen LogP contribution is 2.65. The topological polar surface area (TPSA) is 133 Å². The van der Waals surface area contributed by atoms with Gasteiger partial charge in [-0.15, -0.1) is 0 Å². The number of hydrogen-bond donors (Lipinski definition) is 2. The van der Waals surface area contributed by atoms with Crippen molar-refractivity contribution in [3.05, 3.63) is 164 Å². The maximum Gasteiger partial charge on any atom is 0.260 e. The molecular weight excluding hydrogens is 878 g/mol. The summed E-state index contributed by atoms with van der Waals surface area (Å²) in [5.41, 5.74) is 6.35. The quantitative estimate of drug-likeness (QED) is 0.0899. The molecule has 2 saturated heterocycles. The number of ether oxygens (including phenoxy) is 1. The van der Waals surface area contributed by atoms with Crippen LogP contribution in [-0.4, -0.2) is 46.6 Å². The van der Waals surface area contributed by atoms with Gasteiger partial charge in [0.25, 0.3) is 11.8 Å². The molecule has 2 N–H and O–H groups in total. The molecule has 59 heavy (non-hydrogen) atoms. The van der Waals surface area contributed by atoms with Gasteiger partial charge in [0.1, 0.15) is 0 Å².